The van der Waals surface area contributed by atoms with Crippen LogP contribution in [0.25, 0.3) is 0 Å². The predicted octanol–water partition coefficient (Wildman–Crippen LogP) is 2.18. The number of carbonyl (C=O) groups is 3. The molecule has 2 atom stereocenters. The summed E-state index contributed by atoms with van der Waals surface area (Å²) in [4.78, 5) is 39.5. The minimum absolute atomic E-state index is 0.0695. The van der Waals surface area contributed by atoms with Crippen LogP contribution in [0.15, 0.2) is 48.5 Å². The fourth-order valence-corrected chi connectivity index (χ4v) is 3.74. The van der Waals surface area contributed by atoms with E-state index in [1.807, 2.05) is 0 Å². The predicted molar refractivity (Wildman–Crippen MR) is 111 cm³/mol. The lowest BCUT2D eigenvalue weighted by Gasteiger charge is -2.24. The SMILES string of the molecule is CC(COc1ccccc1F)NC(=O)CNC(=O)C1c2ccccc2C(=O)N1C1CC1. The molecule has 162 valence electrons. The number of ether oxygens (including phenoxy) is 1. The maximum absolute atomic E-state index is 13.6. The van der Waals surface area contributed by atoms with Crippen LogP contribution in [0.3, 0.4) is 0 Å². The van der Waals surface area contributed by atoms with Gasteiger partial charge in [0.25, 0.3) is 5.91 Å². The third-order valence-corrected chi connectivity index (χ3v) is 5.34. The van der Waals surface area contributed by atoms with Crippen molar-refractivity contribution in [3.05, 3.63) is 65.5 Å². The number of hydrogen-bond acceptors (Lipinski definition) is 4. The molecular formula is C23H24FN3O4. The van der Waals surface area contributed by atoms with Gasteiger partial charge in [0.05, 0.1) is 12.6 Å². The molecule has 0 bridgehead atoms. The van der Waals surface area contributed by atoms with E-state index < -0.39 is 17.8 Å². The molecule has 0 saturated heterocycles. The van der Waals surface area contributed by atoms with Crippen LogP contribution >= 0.6 is 0 Å². The van der Waals surface area contributed by atoms with Crippen LogP contribution in [0.4, 0.5) is 4.39 Å². The Labute approximate surface area is 179 Å². The van der Waals surface area contributed by atoms with E-state index in [1.165, 1.54) is 12.1 Å². The molecule has 31 heavy (non-hydrogen) atoms. The molecule has 1 heterocycles. The molecule has 2 aromatic carbocycles. The third-order valence-electron chi connectivity index (χ3n) is 5.34. The van der Waals surface area contributed by atoms with Gasteiger partial charge in [-0.25, -0.2) is 4.39 Å². The molecule has 2 unspecified atom stereocenters. The summed E-state index contributed by atoms with van der Waals surface area (Å²) in [6, 6.07) is 12.1. The highest BCUT2D eigenvalue weighted by atomic mass is 19.1. The lowest BCUT2D eigenvalue weighted by atomic mass is 10.0. The van der Waals surface area contributed by atoms with Crippen molar-refractivity contribution in [3.63, 3.8) is 0 Å². The number of hydrogen-bond donors (Lipinski definition) is 2. The number of rotatable bonds is 8. The summed E-state index contributed by atoms with van der Waals surface area (Å²) in [6.45, 7) is 1.58. The highest BCUT2D eigenvalue weighted by Gasteiger charge is 2.47. The van der Waals surface area contributed by atoms with Gasteiger partial charge < -0.3 is 20.3 Å². The molecule has 7 nitrogen and oxygen atoms in total. The van der Waals surface area contributed by atoms with E-state index in [-0.39, 0.29) is 42.8 Å². The zero-order valence-corrected chi connectivity index (χ0v) is 17.1. The first kappa shape index (κ1) is 20.8. The zero-order valence-electron chi connectivity index (χ0n) is 17.1. The summed E-state index contributed by atoms with van der Waals surface area (Å²) in [5, 5.41) is 5.35. The van der Waals surface area contributed by atoms with Gasteiger partial charge in [0, 0.05) is 11.6 Å². The van der Waals surface area contributed by atoms with Crippen LogP contribution in [0.2, 0.25) is 0 Å². The average molecular weight is 425 g/mol. The Kier molecular flexibility index (Phi) is 5.88. The summed E-state index contributed by atoms with van der Waals surface area (Å²) in [7, 11) is 0. The molecule has 2 aromatic rings. The van der Waals surface area contributed by atoms with E-state index in [0.29, 0.717) is 11.1 Å². The Morgan fingerprint density at radius 3 is 2.61 bits per heavy atom. The maximum atomic E-state index is 13.6. The van der Waals surface area contributed by atoms with Crippen LogP contribution in [0.1, 0.15) is 41.7 Å². The second-order valence-corrected chi connectivity index (χ2v) is 7.86. The number of halogens is 1. The van der Waals surface area contributed by atoms with E-state index in [1.54, 1.807) is 48.2 Å². The Bertz CT molecular complexity index is 1010. The zero-order chi connectivity index (χ0) is 22.0. The second-order valence-electron chi connectivity index (χ2n) is 7.86. The molecule has 1 saturated carbocycles. The summed E-state index contributed by atoms with van der Waals surface area (Å²) < 4.78 is 19.0. The Hall–Kier alpha value is -3.42. The number of fused-ring (bicyclic) bond motifs is 1. The van der Waals surface area contributed by atoms with Crippen molar-refractivity contribution < 1.29 is 23.5 Å². The topological polar surface area (TPSA) is 87.7 Å². The molecule has 1 aliphatic carbocycles. The molecular weight excluding hydrogens is 401 g/mol. The standard InChI is InChI=1S/C23H24FN3O4/c1-14(13-31-19-9-5-4-8-18(19)24)26-20(28)12-25-22(29)21-16-6-2-3-7-17(16)23(30)27(21)15-10-11-15/h2-9,14-15,21H,10-13H2,1H3,(H,25,29)(H,26,28). The van der Waals surface area contributed by atoms with Crippen molar-refractivity contribution >= 4 is 17.7 Å². The minimum Gasteiger partial charge on any atom is -0.488 e. The molecule has 8 heteroatoms. The number of para-hydroxylation sites is 1. The van der Waals surface area contributed by atoms with Gasteiger partial charge in [-0.05, 0) is 43.5 Å². The first-order chi connectivity index (χ1) is 15.0. The lowest BCUT2D eigenvalue weighted by molar-refractivity contribution is -0.129. The van der Waals surface area contributed by atoms with Gasteiger partial charge in [-0.3, -0.25) is 14.4 Å². The molecule has 0 spiro atoms. The number of benzene rings is 2. The summed E-state index contributed by atoms with van der Waals surface area (Å²) in [5.74, 6) is -1.27. The van der Waals surface area contributed by atoms with Gasteiger partial charge in [0.15, 0.2) is 11.6 Å². The number of nitrogens with zero attached hydrogens (tertiary/aromatic N) is 1. The quantitative estimate of drug-likeness (QED) is 0.679. The molecule has 2 N–H and O–H groups in total. The van der Waals surface area contributed by atoms with E-state index in [9.17, 15) is 18.8 Å². The van der Waals surface area contributed by atoms with Crippen LogP contribution in [0.5, 0.6) is 5.75 Å². The highest BCUT2D eigenvalue weighted by Crippen LogP contribution is 2.41. The Morgan fingerprint density at radius 1 is 1.16 bits per heavy atom. The number of carbonyl (C=O) groups excluding carboxylic acids is 3. The van der Waals surface area contributed by atoms with Crippen LogP contribution in [-0.4, -0.2) is 47.9 Å². The van der Waals surface area contributed by atoms with Crippen molar-refractivity contribution in [2.45, 2.75) is 37.9 Å². The van der Waals surface area contributed by atoms with Gasteiger partial charge in [0.1, 0.15) is 12.6 Å². The lowest BCUT2D eigenvalue weighted by Crippen LogP contribution is -2.46. The van der Waals surface area contributed by atoms with Crippen molar-refractivity contribution in [1.82, 2.24) is 15.5 Å². The number of nitrogens with one attached hydrogen (secondary N) is 2. The molecule has 0 aromatic heterocycles. The smallest absolute Gasteiger partial charge is 0.255 e. The van der Waals surface area contributed by atoms with Crippen LogP contribution in [0, 0.1) is 5.82 Å². The molecule has 1 aliphatic heterocycles. The molecule has 4 rings (SSSR count). The van der Waals surface area contributed by atoms with Crippen molar-refractivity contribution in [2.75, 3.05) is 13.2 Å². The average Bonchev–Trinajstić information content (AvgIpc) is 3.55. The van der Waals surface area contributed by atoms with Crippen molar-refractivity contribution in [3.8, 4) is 5.75 Å². The summed E-state index contributed by atoms with van der Waals surface area (Å²) in [6.07, 6.45) is 1.76. The molecule has 0 radical (unpaired) electrons. The van der Waals surface area contributed by atoms with Gasteiger partial charge in [0.2, 0.25) is 11.8 Å². The molecule has 3 amide bonds. The normalized spacial score (nSPS) is 18.3. The molecule has 1 fully saturated rings. The van der Waals surface area contributed by atoms with Crippen molar-refractivity contribution in [2.24, 2.45) is 0 Å². The second kappa shape index (κ2) is 8.75. The van der Waals surface area contributed by atoms with Gasteiger partial charge in [-0.2, -0.15) is 0 Å². The van der Waals surface area contributed by atoms with Gasteiger partial charge >= 0.3 is 0 Å². The van der Waals surface area contributed by atoms with E-state index >= 15 is 0 Å². The first-order valence-electron chi connectivity index (χ1n) is 10.3. The summed E-state index contributed by atoms with van der Waals surface area (Å²) in [5.41, 5.74) is 1.21. The van der Waals surface area contributed by atoms with Crippen LogP contribution in [-0.2, 0) is 9.59 Å². The van der Waals surface area contributed by atoms with Gasteiger partial charge in [-0.1, -0.05) is 30.3 Å². The maximum Gasteiger partial charge on any atom is 0.255 e. The first-order valence-corrected chi connectivity index (χ1v) is 10.3. The Balaban J connectivity index is 1.30. The Morgan fingerprint density at radius 2 is 1.87 bits per heavy atom. The third kappa shape index (κ3) is 4.52. The fraction of sp³-hybridized carbons (Fsp3) is 0.348. The largest absolute Gasteiger partial charge is 0.488 e. The summed E-state index contributed by atoms with van der Waals surface area (Å²) >= 11 is 0. The van der Waals surface area contributed by atoms with E-state index in [4.69, 9.17) is 4.74 Å². The monoisotopic (exact) mass is 425 g/mol. The number of amides is 3. The van der Waals surface area contributed by atoms with Crippen LogP contribution < -0.4 is 15.4 Å². The fourth-order valence-electron chi connectivity index (χ4n) is 3.74. The minimum atomic E-state index is -0.717. The van der Waals surface area contributed by atoms with E-state index in [0.717, 1.165) is 12.8 Å². The van der Waals surface area contributed by atoms with Crippen molar-refractivity contribution in [1.29, 1.82) is 0 Å². The van der Waals surface area contributed by atoms with Gasteiger partial charge in [-0.15, -0.1) is 0 Å². The highest BCUT2D eigenvalue weighted by molar-refractivity contribution is 6.05. The van der Waals surface area contributed by atoms with E-state index in [2.05, 4.69) is 10.6 Å². The molecule has 2 aliphatic rings.